The number of aromatic carboxylic acids is 1. The Bertz CT molecular complexity index is 355. The van der Waals surface area contributed by atoms with Gasteiger partial charge in [-0.25, -0.2) is 9.78 Å². The molecular formula is C11H17NO2S. The third-order valence-corrected chi connectivity index (χ3v) is 3.39. The first-order valence-electron chi connectivity index (χ1n) is 5.14. The number of carbonyl (C=O) groups is 1. The summed E-state index contributed by atoms with van der Waals surface area (Å²) in [6, 6.07) is 0. The zero-order chi connectivity index (χ0) is 11.6. The Morgan fingerprint density at radius 3 is 2.40 bits per heavy atom. The Morgan fingerprint density at radius 1 is 1.40 bits per heavy atom. The summed E-state index contributed by atoms with van der Waals surface area (Å²) in [5.74, 6) is -0.116. The van der Waals surface area contributed by atoms with Crippen molar-refractivity contribution in [2.75, 3.05) is 0 Å². The van der Waals surface area contributed by atoms with Gasteiger partial charge >= 0.3 is 5.97 Å². The lowest BCUT2D eigenvalue weighted by molar-refractivity contribution is 0.0700. The lowest BCUT2D eigenvalue weighted by Gasteiger charge is -2.01. The van der Waals surface area contributed by atoms with E-state index in [-0.39, 0.29) is 0 Å². The van der Waals surface area contributed by atoms with Crippen LogP contribution in [0.3, 0.4) is 0 Å². The summed E-state index contributed by atoms with van der Waals surface area (Å²) in [6.45, 7) is 8.20. The predicted molar refractivity (Wildman–Crippen MR) is 61.7 cm³/mol. The maximum Gasteiger partial charge on any atom is 0.347 e. The molecule has 0 bridgehead atoms. The molecule has 1 rings (SSSR count). The van der Waals surface area contributed by atoms with Gasteiger partial charge in [0.15, 0.2) is 0 Å². The molecule has 0 aliphatic carbocycles. The van der Waals surface area contributed by atoms with Crippen molar-refractivity contribution in [1.29, 1.82) is 0 Å². The molecule has 0 atom stereocenters. The number of hydrogen-bond acceptors (Lipinski definition) is 3. The summed E-state index contributed by atoms with van der Waals surface area (Å²) in [5.41, 5.74) is 0.742. The van der Waals surface area contributed by atoms with Gasteiger partial charge in [-0.2, -0.15) is 0 Å². The first kappa shape index (κ1) is 12.2. The van der Waals surface area contributed by atoms with E-state index in [1.807, 2.05) is 13.8 Å². The Balaban J connectivity index is 3.06. The van der Waals surface area contributed by atoms with Crippen LogP contribution in [0.5, 0.6) is 0 Å². The van der Waals surface area contributed by atoms with E-state index in [1.54, 1.807) is 0 Å². The summed E-state index contributed by atoms with van der Waals surface area (Å²) in [5, 5.41) is 9.96. The maximum atomic E-state index is 11.0. The molecule has 1 N–H and O–H groups in total. The number of hydrogen-bond donors (Lipinski definition) is 1. The summed E-state index contributed by atoms with van der Waals surface area (Å²) in [4.78, 5) is 15.8. The number of aromatic nitrogens is 1. The zero-order valence-corrected chi connectivity index (χ0v) is 10.4. The summed E-state index contributed by atoms with van der Waals surface area (Å²) in [6.07, 6.45) is 0.741. The monoisotopic (exact) mass is 227 g/mol. The van der Waals surface area contributed by atoms with Crippen molar-refractivity contribution in [3.8, 4) is 0 Å². The van der Waals surface area contributed by atoms with Crippen molar-refractivity contribution in [3.05, 3.63) is 15.6 Å². The smallest absolute Gasteiger partial charge is 0.347 e. The number of carboxylic acids is 1. The Hall–Kier alpha value is -0.900. The number of rotatable bonds is 4. The second kappa shape index (κ2) is 4.75. The van der Waals surface area contributed by atoms with Crippen LogP contribution in [0.25, 0.3) is 0 Å². The fourth-order valence-corrected chi connectivity index (χ4v) is 2.24. The Morgan fingerprint density at radius 2 is 2.00 bits per heavy atom. The molecule has 0 fully saturated rings. The third-order valence-electron chi connectivity index (χ3n) is 2.00. The second-order valence-corrected chi connectivity index (χ2v) is 5.42. The van der Waals surface area contributed by atoms with Gasteiger partial charge in [0.1, 0.15) is 4.88 Å². The molecule has 0 spiro atoms. The number of nitrogens with zero attached hydrogens (tertiary/aromatic N) is 1. The highest BCUT2D eigenvalue weighted by atomic mass is 32.1. The van der Waals surface area contributed by atoms with Gasteiger partial charge in [-0.15, -0.1) is 11.3 Å². The average Bonchev–Trinajstić information content (AvgIpc) is 2.46. The van der Waals surface area contributed by atoms with Gasteiger partial charge in [0.25, 0.3) is 0 Å². The highest BCUT2D eigenvalue weighted by molar-refractivity contribution is 7.13. The van der Waals surface area contributed by atoms with E-state index in [2.05, 4.69) is 18.8 Å². The molecule has 3 nitrogen and oxygen atoms in total. The minimum Gasteiger partial charge on any atom is -0.477 e. The van der Waals surface area contributed by atoms with Crippen molar-refractivity contribution in [3.63, 3.8) is 0 Å². The van der Waals surface area contributed by atoms with Crippen LogP contribution in [0.15, 0.2) is 0 Å². The zero-order valence-electron chi connectivity index (χ0n) is 9.57. The maximum absolute atomic E-state index is 11.0. The van der Waals surface area contributed by atoms with E-state index < -0.39 is 5.97 Å². The SMILES string of the molecule is CC(C)Cc1nc(C(C)C)sc1C(=O)O. The van der Waals surface area contributed by atoms with Crippen LogP contribution in [0.1, 0.15) is 54.0 Å². The molecule has 4 heteroatoms. The molecule has 0 aliphatic heterocycles. The fourth-order valence-electron chi connectivity index (χ4n) is 1.31. The van der Waals surface area contributed by atoms with E-state index >= 15 is 0 Å². The molecule has 84 valence electrons. The van der Waals surface area contributed by atoms with E-state index in [9.17, 15) is 4.79 Å². The molecule has 1 aromatic heterocycles. The van der Waals surface area contributed by atoms with Crippen molar-refractivity contribution < 1.29 is 9.90 Å². The molecule has 0 aliphatic rings. The summed E-state index contributed by atoms with van der Waals surface area (Å²) in [7, 11) is 0. The predicted octanol–water partition coefficient (Wildman–Crippen LogP) is 3.16. The van der Waals surface area contributed by atoms with Gasteiger partial charge in [-0.05, 0) is 12.3 Å². The highest BCUT2D eigenvalue weighted by Crippen LogP contribution is 2.26. The Kier molecular flexibility index (Phi) is 3.85. The van der Waals surface area contributed by atoms with Gasteiger partial charge in [0.2, 0.25) is 0 Å². The Labute approximate surface area is 94.2 Å². The van der Waals surface area contributed by atoms with Crippen LogP contribution in [0, 0.1) is 5.92 Å². The van der Waals surface area contributed by atoms with Crippen LogP contribution < -0.4 is 0 Å². The quantitative estimate of drug-likeness (QED) is 0.859. The van der Waals surface area contributed by atoms with Gasteiger partial charge < -0.3 is 5.11 Å². The number of carboxylic acid groups (broad SMARTS) is 1. The van der Waals surface area contributed by atoms with Crippen LogP contribution in [0.2, 0.25) is 0 Å². The third kappa shape index (κ3) is 3.02. The van der Waals surface area contributed by atoms with Crippen LogP contribution in [-0.4, -0.2) is 16.1 Å². The molecule has 0 unspecified atom stereocenters. The molecular weight excluding hydrogens is 210 g/mol. The summed E-state index contributed by atoms with van der Waals surface area (Å²) < 4.78 is 0. The van der Waals surface area contributed by atoms with Gasteiger partial charge in [0, 0.05) is 5.92 Å². The second-order valence-electron chi connectivity index (χ2n) is 4.39. The lowest BCUT2D eigenvalue weighted by atomic mass is 10.1. The first-order valence-corrected chi connectivity index (χ1v) is 5.96. The van der Waals surface area contributed by atoms with Gasteiger partial charge in [-0.3, -0.25) is 0 Å². The number of thiazole rings is 1. The van der Waals surface area contributed by atoms with E-state index in [0.29, 0.717) is 16.7 Å². The van der Waals surface area contributed by atoms with E-state index in [1.165, 1.54) is 11.3 Å². The van der Waals surface area contributed by atoms with Crippen molar-refractivity contribution in [2.24, 2.45) is 5.92 Å². The molecule has 0 saturated carbocycles. The van der Waals surface area contributed by atoms with Crippen molar-refractivity contribution >= 4 is 17.3 Å². The van der Waals surface area contributed by atoms with Gasteiger partial charge in [-0.1, -0.05) is 27.7 Å². The topological polar surface area (TPSA) is 50.2 Å². The fraction of sp³-hybridized carbons (Fsp3) is 0.636. The van der Waals surface area contributed by atoms with Crippen LogP contribution in [-0.2, 0) is 6.42 Å². The molecule has 0 amide bonds. The molecule has 1 aromatic rings. The molecule has 15 heavy (non-hydrogen) atoms. The highest BCUT2D eigenvalue weighted by Gasteiger charge is 2.19. The van der Waals surface area contributed by atoms with Gasteiger partial charge in [0.05, 0.1) is 10.7 Å². The molecule has 0 aromatic carbocycles. The van der Waals surface area contributed by atoms with Crippen molar-refractivity contribution in [2.45, 2.75) is 40.0 Å². The van der Waals surface area contributed by atoms with Crippen LogP contribution in [0.4, 0.5) is 0 Å². The largest absolute Gasteiger partial charge is 0.477 e. The van der Waals surface area contributed by atoms with Crippen LogP contribution >= 0.6 is 11.3 Å². The average molecular weight is 227 g/mol. The normalized spacial score (nSPS) is 11.3. The lowest BCUT2D eigenvalue weighted by Crippen LogP contribution is -2.02. The minimum absolute atomic E-state index is 0.300. The molecule has 1 heterocycles. The van der Waals surface area contributed by atoms with E-state index in [4.69, 9.17) is 5.11 Å². The molecule has 0 saturated heterocycles. The van der Waals surface area contributed by atoms with E-state index in [0.717, 1.165) is 17.1 Å². The standard InChI is InChI=1S/C11H17NO2S/c1-6(2)5-8-9(11(13)14)15-10(12-8)7(3)4/h6-7H,5H2,1-4H3,(H,13,14). The van der Waals surface area contributed by atoms with Crippen molar-refractivity contribution in [1.82, 2.24) is 4.98 Å². The minimum atomic E-state index is -0.852. The first-order chi connectivity index (χ1) is 6.91. The molecule has 0 radical (unpaired) electrons. The summed E-state index contributed by atoms with van der Waals surface area (Å²) >= 11 is 1.31.